The normalized spacial score (nSPS) is 9.60. The highest BCUT2D eigenvalue weighted by molar-refractivity contribution is 5.52. The summed E-state index contributed by atoms with van der Waals surface area (Å²) in [6.07, 6.45) is 0.0402. The van der Waals surface area contributed by atoms with Gasteiger partial charge in [0.25, 0.3) is 0 Å². The molecule has 0 aliphatic carbocycles. The topological polar surface area (TPSA) is 57.5 Å². The zero-order chi connectivity index (χ0) is 7.98. The Labute approximate surface area is 60.0 Å². The van der Waals surface area contributed by atoms with Crippen molar-refractivity contribution in [3.8, 4) is 0 Å². The van der Waals surface area contributed by atoms with E-state index in [0.717, 1.165) is 6.42 Å². The molecule has 0 saturated carbocycles. The quantitative estimate of drug-likeness (QED) is 0.439. The van der Waals surface area contributed by atoms with Gasteiger partial charge >= 0.3 is 0 Å². The molecule has 10 heavy (non-hydrogen) atoms. The van der Waals surface area contributed by atoms with Crippen LogP contribution in [0.5, 0.6) is 0 Å². The Morgan fingerprint density at radius 2 is 2.20 bits per heavy atom. The van der Waals surface area contributed by atoms with Crippen LogP contribution >= 0.6 is 0 Å². The summed E-state index contributed by atoms with van der Waals surface area (Å²) in [5.74, 6) is 1.68. The molecule has 0 amide bonds. The minimum absolute atomic E-state index is 0.0251. The Morgan fingerprint density at radius 1 is 1.60 bits per heavy atom. The second-order valence-corrected chi connectivity index (χ2v) is 2.14. The molecule has 58 valence electrons. The lowest BCUT2D eigenvalue weighted by atomic mass is 10.1. The monoisotopic (exact) mass is 144 g/mol. The van der Waals surface area contributed by atoms with Crippen LogP contribution in [-0.4, -0.2) is 22.4 Å². The van der Waals surface area contributed by atoms with E-state index in [2.05, 4.69) is 0 Å². The molecule has 0 atom stereocenters. The summed E-state index contributed by atoms with van der Waals surface area (Å²) in [4.78, 5) is 10.0. The summed E-state index contributed by atoms with van der Waals surface area (Å²) in [7, 11) is 0. The molecule has 0 aliphatic rings. The van der Waals surface area contributed by atoms with Gasteiger partial charge in [0.2, 0.25) is 0 Å². The van der Waals surface area contributed by atoms with E-state index < -0.39 is 6.29 Å². The largest absolute Gasteiger partial charge is 0.368 e. The molecule has 0 bridgehead atoms. The van der Waals surface area contributed by atoms with Crippen LogP contribution in [0.1, 0.15) is 26.2 Å². The van der Waals surface area contributed by atoms with Crippen LogP contribution in [0.25, 0.3) is 0 Å². The van der Waals surface area contributed by atoms with Gasteiger partial charge in [0.05, 0.1) is 0 Å². The van der Waals surface area contributed by atoms with Gasteiger partial charge in [0, 0.05) is 12.0 Å². The Bertz CT molecular complexity index is 134. The third-order valence-corrected chi connectivity index (χ3v) is 1.13. The molecule has 0 spiro atoms. The predicted octanol–water partition coefficient (Wildman–Crippen LogP) is 0.245. The second kappa shape index (κ2) is 5.18. The maximum Gasteiger partial charge on any atom is 0.155 e. The lowest BCUT2D eigenvalue weighted by Gasteiger charge is -2.01. The summed E-state index contributed by atoms with van der Waals surface area (Å²) < 4.78 is 0. The molecule has 0 rings (SSSR count). The van der Waals surface area contributed by atoms with Gasteiger partial charge in [-0.3, -0.25) is 0 Å². The zero-order valence-corrected chi connectivity index (χ0v) is 6.00. The first-order valence-electron chi connectivity index (χ1n) is 3.29. The summed E-state index contributed by atoms with van der Waals surface area (Å²) in [5, 5.41) is 16.9. The fraction of sp³-hybridized carbons (Fsp3) is 0.714. The van der Waals surface area contributed by atoms with Crippen molar-refractivity contribution in [2.45, 2.75) is 32.5 Å². The SMILES string of the molecule is CCCC(=C=O)CC(O)O. The van der Waals surface area contributed by atoms with Gasteiger partial charge in [-0.25, -0.2) is 4.79 Å². The van der Waals surface area contributed by atoms with E-state index >= 15 is 0 Å². The summed E-state index contributed by atoms with van der Waals surface area (Å²) in [5.41, 5.74) is 0.442. The highest BCUT2D eigenvalue weighted by Crippen LogP contribution is 2.06. The molecule has 0 radical (unpaired) electrons. The van der Waals surface area contributed by atoms with Crippen molar-refractivity contribution in [1.82, 2.24) is 0 Å². The number of aliphatic hydroxyl groups is 2. The van der Waals surface area contributed by atoms with Crippen LogP contribution in [0.3, 0.4) is 0 Å². The Balaban J connectivity index is 3.74. The van der Waals surface area contributed by atoms with Gasteiger partial charge < -0.3 is 10.2 Å². The van der Waals surface area contributed by atoms with Crippen molar-refractivity contribution in [1.29, 1.82) is 0 Å². The number of aliphatic hydroxyl groups excluding tert-OH is 1. The van der Waals surface area contributed by atoms with E-state index in [1.165, 1.54) is 0 Å². The molecule has 3 nitrogen and oxygen atoms in total. The molecule has 0 unspecified atom stereocenters. The third-order valence-electron chi connectivity index (χ3n) is 1.13. The van der Waals surface area contributed by atoms with Crippen molar-refractivity contribution in [2.75, 3.05) is 0 Å². The van der Waals surface area contributed by atoms with E-state index in [9.17, 15) is 4.79 Å². The fourth-order valence-corrected chi connectivity index (χ4v) is 0.717. The summed E-state index contributed by atoms with van der Waals surface area (Å²) >= 11 is 0. The van der Waals surface area contributed by atoms with Crippen molar-refractivity contribution in [3.05, 3.63) is 5.57 Å². The lowest BCUT2D eigenvalue weighted by Crippen LogP contribution is -2.05. The maximum absolute atomic E-state index is 10.0. The van der Waals surface area contributed by atoms with Gasteiger partial charge in [-0.05, 0) is 6.42 Å². The van der Waals surface area contributed by atoms with Crippen LogP contribution in [0.15, 0.2) is 5.57 Å². The first kappa shape index (κ1) is 9.37. The molecular weight excluding hydrogens is 132 g/mol. The smallest absolute Gasteiger partial charge is 0.155 e. The first-order valence-corrected chi connectivity index (χ1v) is 3.29. The average Bonchev–Trinajstić information content (AvgIpc) is 1.86. The number of rotatable bonds is 4. The Morgan fingerprint density at radius 3 is 2.50 bits per heavy atom. The molecule has 0 heterocycles. The van der Waals surface area contributed by atoms with Gasteiger partial charge in [-0.1, -0.05) is 13.3 Å². The van der Waals surface area contributed by atoms with Crippen LogP contribution in [0.4, 0.5) is 0 Å². The molecule has 0 saturated heterocycles. The van der Waals surface area contributed by atoms with Crippen LogP contribution in [-0.2, 0) is 4.79 Å². The predicted molar refractivity (Wildman–Crippen MR) is 37.0 cm³/mol. The highest BCUT2D eigenvalue weighted by atomic mass is 16.5. The van der Waals surface area contributed by atoms with Crippen molar-refractivity contribution >= 4 is 5.94 Å². The molecule has 0 fully saturated rings. The Kier molecular flexibility index (Phi) is 4.85. The second-order valence-electron chi connectivity index (χ2n) is 2.14. The van der Waals surface area contributed by atoms with E-state index in [4.69, 9.17) is 10.2 Å². The van der Waals surface area contributed by atoms with Gasteiger partial charge in [-0.15, -0.1) is 0 Å². The van der Waals surface area contributed by atoms with Crippen molar-refractivity contribution in [3.63, 3.8) is 0 Å². The molecule has 2 N–H and O–H groups in total. The Hall–Kier alpha value is -0.630. The minimum atomic E-state index is -1.41. The van der Waals surface area contributed by atoms with E-state index in [0.29, 0.717) is 12.0 Å². The standard InChI is InChI=1S/C7H12O3/c1-2-3-6(5-8)4-7(9)10/h7,9-10H,2-4H2,1H3. The van der Waals surface area contributed by atoms with E-state index in [-0.39, 0.29) is 6.42 Å². The highest BCUT2D eigenvalue weighted by Gasteiger charge is 2.02. The summed E-state index contributed by atoms with van der Waals surface area (Å²) in [6, 6.07) is 0. The van der Waals surface area contributed by atoms with E-state index in [1.54, 1.807) is 5.94 Å². The molecule has 0 aromatic rings. The fourth-order valence-electron chi connectivity index (χ4n) is 0.717. The van der Waals surface area contributed by atoms with Crippen molar-refractivity contribution < 1.29 is 15.0 Å². The number of hydrogen-bond donors (Lipinski definition) is 2. The average molecular weight is 144 g/mol. The molecule has 3 heteroatoms. The van der Waals surface area contributed by atoms with Gasteiger partial charge in [0.1, 0.15) is 5.94 Å². The minimum Gasteiger partial charge on any atom is -0.368 e. The summed E-state index contributed by atoms with van der Waals surface area (Å²) in [6.45, 7) is 1.92. The number of carbonyl (C=O) groups excluding carboxylic acids is 1. The molecule has 0 aromatic carbocycles. The van der Waals surface area contributed by atoms with Gasteiger partial charge in [-0.2, -0.15) is 0 Å². The van der Waals surface area contributed by atoms with Gasteiger partial charge in [0.15, 0.2) is 6.29 Å². The maximum atomic E-state index is 10.0. The number of hydrogen-bond acceptors (Lipinski definition) is 3. The molecule has 0 aromatic heterocycles. The van der Waals surface area contributed by atoms with Crippen LogP contribution in [0.2, 0.25) is 0 Å². The molecular formula is C7H12O3. The third kappa shape index (κ3) is 4.27. The first-order chi connectivity index (χ1) is 4.70. The van der Waals surface area contributed by atoms with Crippen LogP contribution in [0, 0.1) is 0 Å². The zero-order valence-electron chi connectivity index (χ0n) is 6.00. The van der Waals surface area contributed by atoms with E-state index in [1.807, 2.05) is 6.92 Å². The van der Waals surface area contributed by atoms with Crippen LogP contribution < -0.4 is 0 Å². The lowest BCUT2D eigenvalue weighted by molar-refractivity contribution is -0.0383. The van der Waals surface area contributed by atoms with Crippen molar-refractivity contribution in [2.24, 2.45) is 0 Å². The molecule has 0 aliphatic heterocycles.